The van der Waals surface area contributed by atoms with Gasteiger partial charge in [0.1, 0.15) is 0 Å². The fourth-order valence-electron chi connectivity index (χ4n) is 0.139. The van der Waals surface area contributed by atoms with Gasteiger partial charge < -0.3 is 34.3 Å². The molecule has 0 aromatic heterocycles. The van der Waals surface area contributed by atoms with Crippen molar-refractivity contribution in [3.8, 4) is 0 Å². The SMILES string of the molecule is O=P(O)(O)O.O=P(O)(O)OP(=O)(O)O.[BaH2].[BaH2]. The third-order valence-electron chi connectivity index (χ3n) is 0.213. The van der Waals surface area contributed by atoms with Crippen LogP contribution in [-0.2, 0) is 18.0 Å². The van der Waals surface area contributed by atoms with Gasteiger partial charge >= 0.3 is 121 Å². The summed E-state index contributed by atoms with van der Waals surface area (Å²) in [6, 6.07) is 0. The van der Waals surface area contributed by atoms with Gasteiger partial charge in [0.15, 0.2) is 0 Å². The van der Waals surface area contributed by atoms with Gasteiger partial charge in [-0.3, -0.25) is 0 Å². The molecular formula is H11Ba2O11P3. The van der Waals surface area contributed by atoms with Crippen LogP contribution in [-0.4, -0.2) is 132 Å². The van der Waals surface area contributed by atoms with Crippen LogP contribution in [0.25, 0.3) is 0 Å². The topological polar surface area (TPSA) is 202 Å². The Morgan fingerprint density at radius 3 is 0.750 bits per heavy atom. The van der Waals surface area contributed by atoms with E-state index in [1.54, 1.807) is 0 Å². The average molecular weight is 555 g/mol. The third kappa shape index (κ3) is 52.8. The molecule has 0 amide bonds. The molecular weight excluding hydrogens is 544 g/mol. The fourth-order valence-corrected chi connectivity index (χ4v) is 1.25. The Morgan fingerprint density at radius 1 is 0.625 bits per heavy atom. The van der Waals surface area contributed by atoms with Crippen LogP contribution in [0.2, 0.25) is 0 Å². The Morgan fingerprint density at radius 2 is 0.750 bits per heavy atom. The van der Waals surface area contributed by atoms with E-state index in [0.29, 0.717) is 0 Å². The van der Waals surface area contributed by atoms with Gasteiger partial charge in [0, 0.05) is 0 Å². The van der Waals surface area contributed by atoms with Gasteiger partial charge in [0.2, 0.25) is 0 Å². The summed E-state index contributed by atoms with van der Waals surface area (Å²) in [7, 11) is -14.7. The van der Waals surface area contributed by atoms with Gasteiger partial charge in [0.05, 0.1) is 0 Å². The second-order valence-corrected chi connectivity index (χ2v) is 5.22. The maximum absolute atomic E-state index is 9.63. The third-order valence-corrected chi connectivity index (χ3v) is 1.91. The molecule has 11 nitrogen and oxygen atoms in total. The number of phosphoric acid groups is 3. The van der Waals surface area contributed by atoms with Crippen LogP contribution < -0.4 is 0 Å². The molecule has 0 heterocycles. The average Bonchev–Trinajstić information content (AvgIpc) is 1.42. The van der Waals surface area contributed by atoms with Crippen molar-refractivity contribution in [1.29, 1.82) is 0 Å². The molecule has 0 spiro atoms. The second kappa shape index (κ2) is 11.2. The zero-order valence-corrected chi connectivity index (χ0v) is 8.79. The molecule has 7 N–H and O–H groups in total. The molecule has 0 saturated carbocycles. The van der Waals surface area contributed by atoms with Crippen LogP contribution in [0.1, 0.15) is 0 Å². The molecule has 0 aliphatic heterocycles. The Labute approximate surface area is 170 Å². The molecule has 16 heavy (non-hydrogen) atoms. The standard InChI is InChI=1S/2Ba.H4O7P2.H3O4P.4H/c;;1-8(2,3)7-9(4,5)6;1-5(2,3)4;;;;/h;;(H2,1,2,3)(H2,4,5,6);(H3,1,2,3,4);;;;. The van der Waals surface area contributed by atoms with E-state index in [-0.39, 0.29) is 97.8 Å². The van der Waals surface area contributed by atoms with Gasteiger partial charge in [-0.1, -0.05) is 0 Å². The first kappa shape index (κ1) is 27.8. The Hall–Kier alpha value is 3.51. The van der Waals surface area contributed by atoms with E-state index < -0.39 is 23.5 Å². The first-order chi connectivity index (χ1) is 5.71. The van der Waals surface area contributed by atoms with E-state index in [2.05, 4.69) is 4.31 Å². The molecule has 0 fully saturated rings. The summed E-state index contributed by atoms with van der Waals surface area (Å²) >= 11 is 0. The minimum atomic E-state index is -5.05. The Kier molecular flexibility index (Phi) is 19.5. The zero-order valence-electron chi connectivity index (χ0n) is 6.11. The van der Waals surface area contributed by atoms with E-state index in [4.69, 9.17) is 38.8 Å². The fraction of sp³-hybridized carbons (Fsp3) is 0. The summed E-state index contributed by atoms with van der Waals surface area (Å²) in [5.74, 6) is 0. The first-order valence-corrected chi connectivity index (χ1v) is 6.94. The van der Waals surface area contributed by atoms with Crippen LogP contribution in [0.3, 0.4) is 0 Å². The number of hydrogen-bond donors (Lipinski definition) is 7. The van der Waals surface area contributed by atoms with Crippen molar-refractivity contribution in [3.05, 3.63) is 0 Å². The van der Waals surface area contributed by atoms with Gasteiger partial charge in [0.25, 0.3) is 0 Å². The molecule has 0 aliphatic carbocycles. The molecule has 96 valence electrons. The van der Waals surface area contributed by atoms with Gasteiger partial charge in [-0.2, -0.15) is 4.31 Å². The molecule has 0 rings (SSSR count). The monoisotopic (exact) mass is 556 g/mol. The summed E-state index contributed by atoms with van der Waals surface area (Å²) in [6.07, 6.45) is 0. The van der Waals surface area contributed by atoms with Crippen molar-refractivity contribution in [2.45, 2.75) is 0 Å². The summed E-state index contributed by atoms with van der Waals surface area (Å²) in [4.78, 5) is 52.6. The van der Waals surface area contributed by atoms with Crippen molar-refractivity contribution in [3.63, 3.8) is 0 Å². The van der Waals surface area contributed by atoms with Crippen molar-refractivity contribution in [2.24, 2.45) is 0 Å². The van der Waals surface area contributed by atoms with E-state index in [0.717, 1.165) is 0 Å². The molecule has 0 unspecified atom stereocenters. The van der Waals surface area contributed by atoms with Crippen LogP contribution in [0.4, 0.5) is 0 Å². The van der Waals surface area contributed by atoms with Crippen molar-refractivity contribution in [2.75, 3.05) is 0 Å². The van der Waals surface area contributed by atoms with E-state index in [9.17, 15) is 9.13 Å². The predicted octanol–water partition coefficient (Wildman–Crippen LogP) is -3.57. The normalized spacial score (nSPS) is 11.4. The maximum atomic E-state index is 9.63. The molecule has 0 aliphatic rings. The van der Waals surface area contributed by atoms with Crippen LogP contribution in [0.15, 0.2) is 0 Å². The van der Waals surface area contributed by atoms with Crippen LogP contribution in [0, 0.1) is 0 Å². The van der Waals surface area contributed by atoms with Gasteiger partial charge in [-0.05, 0) is 0 Å². The second-order valence-electron chi connectivity index (χ2n) is 1.58. The summed E-state index contributed by atoms with van der Waals surface area (Å²) in [6.45, 7) is 0. The summed E-state index contributed by atoms with van der Waals surface area (Å²) in [5.41, 5.74) is 0. The van der Waals surface area contributed by atoms with Gasteiger partial charge in [-0.15, -0.1) is 0 Å². The number of hydrogen-bond acceptors (Lipinski definition) is 4. The molecule has 0 aromatic carbocycles. The van der Waals surface area contributed by atoms with Gasteiger partial charge in [-0.25, -0.2) is 13.7 Å². The minimum absolute atomic E-state index is 0. The molecule has 0 atom stereocenters. The molecule has 0 bridgehead atoms. The van der Waals surface area contributed by atoms with Crippen molar-refractivity contribution >= 4 is 121 Å². The van der Waals surface area contributed by atoms with Crippen molar-refractivity contribution in [1.82, 2.24) is 0 Å². The van der Waals surface area contributed by atoms with Crippen molar-refractivity contribution < 1.29 is 52.3 Å². The molecule has 0 radical (unpaired) electrons. The predicted molar refractivity (Wildman–Crippen MR) is 56.5 cm³/mol. The molecule has 0 saturated heterocycles. The van der Waals surface area contributed by atoms with Crippen LogP contribution >= 0.6 is 23.5 Å². The Balaban J connectivity index is -0.0000000904. The molecule has 16 heteroatoms. The van der Waals surface area contributed by atoms with E-state index in [1.165, 1.54) is 0 Å². The first-order valence-electron chi connectivity index (χ1n) is 2.31. The Bertz CT molecular complexity index is 262. The molecule has 0 aromatic rings. The van der Waals surface area contributed by atoms with E-state index >= 15 is 0 Å². The number of rotatable bonds is 2. The zero-order chi connectivity index (χ0) is 12.2. The summed E-state index contributed by atoms with van der Waals surface area (Å²) < 4.78 is 31.1. The van der Waals surface area contributed by atoms with Crippen LogP contribution in [0.5, 0.6) is 0 Å². The van der Waals surface area contributed by atoms with E-state index in [1.807, 2.05) is 0 Å². The summed E-state index contributed by atoms with van der Waals surface area (Å²) in [5, 5.41) is 0. The quantitative estimate of drug-likeness (QED) is 0.131.